The van der Waals surface area contributed by atoms with E-state index in [1.54, 1.807) is 7.11 Å². The topological polar surface area (TPSA) is 33.3 Å². The van der Waals surface area contributed by atoms with E-state index in [1.165, 1.54) is 58.7 Å². The number of ether oxygens (including phenoxy) is 1. The van der Waals surface area contributed by atoms with E-state index in [-0.39, 0.29) is 12.0 Å². The van der Waals surface area contributed by atoms with Gasteiger partial charge in [-0.05, 0) is 58.9 Å². The maximum absolute atomic E-state index is 10.7. The highest BCUT2D eigenvalue weighted by Crippen LogP contribution is 2.57. The number of pyridine rings is 1. The molecule has 0 saturated heterocycles. The highest BCUT2D eigenvalue weighted by atomic mass is 32.1. The molecule has 4 aromatic carbocycles. The largest absolute Gasteiger partial charge is 0.494 e. The molecule has 0 amide bonds. The number of benzene rings is 4. The Morgan fingerprint density at radius 3 is 2.19 bits per heavy atom. The molecule has 0 spiro atoms. The van der Waals surface area contributed by atoms with E-state index in [1.807, 2.05) is 11.3 Å². The standard InChI is InChI=1S/C38H38NO2S/c1-23(41-7)38(6)37(5,20-21-40)33-25-15-9-8-14-24(25)29(36(2,3)4)22-28(33)34-35-32(27-17-11-13-19-31(27)42-35)26-16-10-12-18-30(26)39(34)38/h8-19,22,40H,1,20-21H2,2-7H3/q+1. The molecular weight excluding hydrogens is 534 g/mol. The fourth-order valence-corrected chi connectivity index (χ4v) is 9.05. The quantitative estimate of drug-likeness (QED) is 0.169. The van der Waals surface area contributed by atoms with Gasteiger partial charge in [-0.3, -0.25) is 0 Å². The molecule has 0 radical (unpaired) electrons. The second-order valence-electron chi connectivity index (χ2n) is 13.2. The van der Waals surface area contributed by atoms with Crippen molar-refractivity contribution in [2.45, 2.75) is 57.4 Å². The number of fused-ring (bicyclic) bond motifs is 12. The van der Waals surface area contributed by atoms with Gasteiger partial charge in [-0.2, -0.15) is 4.57 Å². The maximum atomic E-state index is 10.7. The van der Waals surface area contributed by atoms with Gasteiger partial charge >= 0.3 is 0 Å². The number of methoxy groups -OCH3 is 1. The normalized spacial score (nSPS) is 20.3. The number of thiophene rings is 1. The Morgan fingerprint density at radius 1 is 0.905 bits per heavy atom. The predicted octanol–water partition coefficient (Wildman–Crippen LogP) is 9.14. The van der Waals surface area contributed by atoms with Crippen LogP contribution in [0.5, 0.6) is 0 Å². The van der Waals surface area contributed by atoms with Crippen LogP contribution in [0.3, 0.4) is 0 Å². The first-order valence-electron chi connectivity index (χ1n) is 14.8. The second-order valence-corrected chi connectivity index (χ2v) is 14.2. The fraction of sp³-hybridized carbons (Fsp3) is 0.289. The molecular formula is C38H38NO2S+. The van der Waals surface area contributed by atoms with Crippen LogP contribution in [-0.2, 0) is 21.1 Å². The Hall–Kier alpha value is -3.73. The molecule has 1 N–H and O–H groups in total. The first-order valence-corrected chi connectivity index (χ1v) is 15.6. The molecule has 42 heavy (non-hydrogen) atoms. The first kappa shape index (κ1) is 27.1. The van der Waals surface area contributed by atoms with Crippen LogP contribution in [0.25, 0.3) is 53.1 Å². The molecule has 3 nitrogen and oxygen atoms in total. The van der Waals surface area contributed by atoms with Gasteiger partial charge in [-0.1, -0.05) is 81.9 Å². The zero-order valence-corrected chi connectivity index (χ0v) is 26.2. The Kier molecular flexibility index (Phi) is 5.90. The summed E-state index contributed by atoms with van der Waals surface area (Å²) in [5.41, 5.74) is 4.85. The lowest BCUT2D eigenvalue weighted by Crippen LogP contribution is -2.69. The number of hydrogen-bond acceptors (Lipinski definition) is 3. The van der Waals surface area contributed by atoms with Crippen LogP contribution in [0.15, 0.2) is 91.2 Å². The Morgan fingerprint density at radius 2 is 1.52 bits per heavy atom. The third-order valence-corrected chi connectivity index (χ3v) is 11.2. The molecule has 0 bridgehead atoms. The summed E-state index contributed by atoms with van der Waals surface area (Å²) in [5, 5.41) is 17.0. The van der Waals surface area contributed by atoms with E-state index in [9.17, 15) is 5.11 Å². The summed E-state index contributed by atoms with van der Waals surface area (Å²) in [6.07, 6.45) is 0.558. The zero-order chi connectivity index (χ0) is 29.6. The van der Waals surface area contributed by atoms with Crippen molar-refractivity contribution >= 4 is 53.2 Å². The van der Waals surface area contributed by atoms with E-state index < -0.39 is 11.0 Å². The minimum Gasteiger partial charge on any atom is -0.494 e. The molecule has 1 aliphatic rings. The molecule has 0 fully saturated rings. The average Bonchev–Trinajstić information content (AvgIpc) is 3.37. The monoisotopic (exact) mass is 572 g/mol. The number of nitrogens with zero attached hydrogens (tertiary/aromatic N) is 1. The molecule has 4 heteroatoms. The van der Waals surface area contributed by atoms with Crippen molar-refractivity contribution < 1.29 is 14.4 Å². The molecule has 7 rings (SSSR count). The molecule has 2 aromatic heterocycles. The van der Waals surface area contributed by atoms with Crippen molar-refractivity contribution in [1.29, 1.82) is 0 Å². The number of rotatable bonds is 4. The van der Waals surface area contributed by atoms with E-state index in [4.69, 9.17) is 4.74 Å². The first-order chi connectivity index (χ1) is 20.1. The third kappa shape index (κ3) is 3.34. The number of allylic oxidation sites excluding steroid dienone is 1. The summed E-state index contributed by atoms with van der Waals surface area (Å²) in [6, 6.07) is 28.8. The third-order valence-electron chi connectivity index (χ3n) is 10.0. The fourth-order valence-electron chi connectivity index (χ4n) is 7.78. The predicted molar refractivity (Wildman–Crippen MR) is 178 cm³/mol. The zero-order valence-electron chi connectivity index (χ0n) is 25.3. The molecule has 0 saturated carbocycles. The highest BCUT2D eigenvalue weighted by Gasteiger charge is 2.62. The van der Waals surface area contributed by atoms with Crippen molar-refractivity contribution in [3.05, 3.63) is 102 Å². The second kappa shape index (κ2) is 9.13. The summed E-state index contributed by atoms with van der Waals surface area (Å²) in [4.78, 5) is 0. The van der Waals surface area contributed by atoms with Crippen LogP contribution < -0.4 is 4.57 Å². The molecule has 1 aliphatic heterocycles. The number of para-hydroxylation sites is 1. The minimum atomic E-state index is -0.706. The Labute approximate surface area is 251 Å². The van der Waals surface area contributed by atoms with Crippen LogP contribution in [0.1, 0.15) is 52.2 Å². The SMILES string of the molecule is C=C(OC)C1(C)[n+]2c(c3sc4ccccc4c3c3ccccc32)-c2cc(C(C)(C)C)c3ccccc3c2C1(C)CCO. The van der Waals surface area contributed by atoms with E-state index >= 15 is 0 Å². The molecule has 2 atom stereocenters. The highest BCUT2D eigenvalue weighted by molar-refractivity contribution is 7.26. The Balaban J connectivity index is 1.85. The van der Waals surface area contributed by atoms with Gasteiger partial charge in [0, 0.05) is 35.1 Å². The summed E-state index contributed by atoms with van der Waals surface area (Å²) in [7, 11) is 1.73. The summed E-state index contributed by atoms with van der Waals surface area (Å²) in [6.45, 7) is 16.1. The van der Waals surface area contributed by atoms with Gasteiger partial charge in [0.1, 0.15) is 4.70 Å². The van der Waals surface area contributed by atoms with Crippen molar-refractivity contribution in [3.63, 3.8) is 0 Å². The van der Waals surface area contributed by atoms with Crippen LogP contribution in [0.4, 0.5) is 0 Å². The van der Waals surface area contributed by atoms with Crippen LogP contribution in [-0.4, -0.2) is 18.8 Å². The number of hydrogen-bond donors (Lipinski definition) is 1. The lowest BCUT2D eigenvalue weighted by Gasteiger charge is -2.47. The van der Waals surface area contributed by atoms with E-state index in [0.717, 1.165) is 5.52 Å². The summed E-state index contributed by atoms with van der Waals surface area (Å²) < 4.78 is 11.2. The van der Waals surface area contributed by atoms with Crippen LogP contribution >= 0.6 is 11.3 Å². The van der Waals surface area contributed by atoms with Gasteiger partial charge in [-0.25, -0.2) is 0 Å². The van der Waals surface area contributed by atoms with Crippen molar-refractivity contribution in [3.8, 4) is 11.3 Å². The van der Waals surface area contributed by atoms with E-state index in [2.05, 4.69) is 125 Å². The van der Waals surface area contributed by atoms with Gasteiger partial charge in [0.05, 0.1) is 23.5 Å². The number of aliphatic hydroxyl groups is 1. The molecule has 2 unspecified atom stereocenters. The van der Waals surface area contributed by atoms with Gasteiger partial charge in [0.25, 0.3) is 0 Å². The van der Waals surface area contributed by atoms with Crippen molar-refractivity contribution in [1.82, 2.24) is 0 Å². The van der Waals surface area contributed by atoms with Crippen LogP contribution in [0, 0.1) is 0 Å². The molecule has 212 valence electrons. The van der Waals surface area contributed by atoms with Crippen molar-refractivity contribution in [2.75, 3.05) is 13.7 Å². The molecule has 0 aliphatic carbocycles. The van der Waals surface area contributed by atoms with Crippen LogP contribution in [0.2, 0.25) is 0 Å². The average molecular weight is 573 g/mol. The number of aliphatic hydroxyl groups excluding tert-OH is 1. The molecule has 6 aromatic rings. The maximum Gasteiger partial charge on any atom is 0.232 e. The minimum absolute atomic E-state index is 0.0524. The summed E-state index contributed by atoms with van der Waals surface area (Å²) in [5.74, 6) is 0.685. The van der Waals surface area contributed by atoms with Gasteiger partial charge in [0.15, 0.2) is 5.76 Å². The Bertz CT molecular complexity index is 2080. The van der Waals surface area contributed by atoms with Gasteiger partial charge in [0.2, 0.25) is 16.7 Å². The van der Waals surface area contributed by atoms with Crippen molar-refractivity contribution in [2.24, 2.45) is 0 Å². The lowest BCUT2D eigenvalue weighted by molar-refractivity contribution is -0.734. The van der Waals surface area contributed by atoms with Gasteiger partial charge < -0.3 is 9.84 Å². The molecule has 3 heterocycles. The number of aromatic nitrogens is 1. The van der Waals surface area contributed by atoms with Gasteiger partial charge in [-0.15, -0.1) is 11.3 Å². The van der Waals surface area contributed by atoms with E-state index in [0.29, 0.717) is 12.2 Å². The smallest absolute Gasteiger partial charge is 0.232 e. The lowest BCUT2D eigenvalue weighted by atomic mass is 9.59. The summed E-state index contributed by atoms with van der Waals surface area (Å²) >= 11 is 1.87.